The maximum Gasteiger partial charge on any atom is 0.159 e. The van der Waals surface area contributed by atoms with Gasteiger partial charge in [0, 0.05) is 12.1 Å². The van der Waals surface area contributed by atoms with Gasteiger partial charge in [-0.3, -0.25) is 4.98 Å². The molecule has 0 radical (unpaired) electrons. The van der Waals surface area contributed by atoms with Gasteiger partial charge in [-0.2, -0.15) is 0 Å². The van der Waals surface area contributed by atoms with Gasteiger partial charge >= 0.3 is 0 Å². The molecule has 5 heteroatoms. The number of aryl methyl sites for hydroxylation is 1. The molecule has 2 N–H and O–H groups in total. The molecule has 2 rings (SSSR count). The average molecular weight is 278 g/mol. The summed E-state index contributed by atoms with van der Waals surface area (Å²) in [6.45, 7) is 2.51. The van der Waals surface area contributed by atoms with E-state index < -0.39 is 11.6 Å². The van der Waals surface area contributed by atoms with Crippen molar-refractivity contribution in [3.8, 4) is 5.75 Å². The second-order valence-corrected chi connectivity index (χ2v) is 4.47. The number of hydrogen-bond acceptors (Lipinski definition) is 3. The van der Waals surface area contributed by atoms with Gasteiger partial charge < -0.3 is 10.5 Å². The van der Waals surface area contributed by atoms with Crippen molar-refractivity contribution in [3.05, 3.63) is 58.9 Å². The van der Waals surface area contributed by atoms with E-state index in [-0.39, 0.29) is 6.61 Å². The van der Waals surface area contributed by atoms with Crippen molar-refractivity contribution < 1.29 is 13.5 Å². The summed E-state index contributed by atoms with van der Waals surface area (Å²) >= 11 is 0. The van der Waals surface area contributed by atoms with Crippen molar-refractivity contribution in [1.29, 1.82) is 0 Å². The van der Waals surface area contributed by atoms with E-state index in [2.05, 4.69) is 4.98 Å². The fourth-order valence-electron chi connectivity index (χ4n) is 1.84. The van der Waals surface area contributed by atoms with Crippen LogP contribution in [0, 0.1) is 18.6 Å². The van der Waals surface area contributed by atoms with Gasteiger partial charge in [0.2, 0.25) is 0 Å². The largest absolute Gasteiger partial charge is 0.487 e. The fraction of sp³-hybridized carbons (Fsp3) is 0.267. The SMILES string of the molecule is Cc1ccc(OCc2ccc(F)c(F)c2)c(CCN)n1. The van der Waals surface area contributed by atoms with Gasteiger partial charge in [0.1, 0.15) is 12.4 Å². The lowest BCUT2D eigenvalue weighted by molar-refractivity contribution is 0.300. The Morgan fingerprint density at radius 3 is 2.65 bits per heavy atom. The van der Waals surface area contributed by atoms with Gasteiger partial charge in [-0.15, -0.1) is 0 Å². The van der Waals surface area contributed by atoms with Crippen LogP contribution in [0.3, 0.4) is 0 Å². The molecule has 0 bridgehead atoms. The van der Waals surface area contributed by atoms with Crippen LogP contribution in [0.5, 0.6) is 5.75 Å². The zero-order valence-electron chi connectivity index (χ0n) is 11.2. The summed E-state index contributed by atoms with van der Waals surface area (Å²) < 4.78 is 31.5. The van der Waals surface area contributed by atoms with E-state index in [1.165, 1.54) is 6.07 Å². The number of aromatic nitrogens is 1. The molecule has 0 saturated heterocycles. The Morgan fingerprint density at radius 1 is 1.15 bits per heavy atom. The van der Waals surface area contributed by atoms with E-state index >= 15 is 0 Å². The molecule has 1 aromatic carbocycles. The summed E-state index contributed by atoms with van der Waals surface area (Å²) in [5.74, 6) is -1.13. The first kappa shape index (κ1) is 14.4. The van der Waals surface area contributed by atoms with E-state index in [1.807, 2.05) is 19.1 Å². The van der Waals surface area contributed by atoms with Gasteiger partial charge in [-0.25, -0.2) is 8.78 Å². The summed E-state index contributed by atoms with van der Waals surface area (Å²) in [5.41, 5.74) is 7.75. The Kier molecular flexibility index (Phi) is 4.63. The van der Waals surface area contributed by atoms with Crippen molar-refractivity contribution in [1.82, 2.24) is 4.98 Å². The monoisotopic (exact) mass is 278 g/mol. The van der Waals surface area contributed by atoms with Crippen LogP contribution < -0.4 is 10.5 Å². The number of nitrogens with zero attached hydrogens (tertiary/aromatic N) is 1. The molecule has 0 saturated carbocycles. The van der Waals surface area contributed by atoms with Crippen molar-refractivity contribution in [3.63, 3.8) is 0 Å². The van der Waals surface area contributed by atoms with Crippen LogP contribution in [0.4, 0.5) is 8.78 Å². The first-order valence-corrected chi connectivity index (χ1v) is 6.33. The van der Waals surface area contributed by atoms with Crippen LogP contribution in [-0.2, 0) is 13.0 Å². The molecule has 0 atom stereocenters. The maximum atomic E-state index is 13.1. The van der Waals surface area contributed by atoms with Crippen LogP contribution in [0.25, 0.3) is 0 Å². The molecule has 0 spiro atoms. The Balaban J connectivity index is 2.11. The molecule has 0 aliphatic carbocycles. The number of rotatable bonds is 5. The van der Waals surface area contributed by atoms with Gasteiger partial charge in [-0.1, -0.05) is 6.07 Å². The van der Waals surface area contributed by atoms with E-state index in [9.17, 15) is 8.78 Å². The number of halogens is 2. The Labute approximate surface area is 116 Å². The van der Waals surface area contributed by atoms with Crippen LogP contribution in [0.15, 0.2) is 30.3 Å². The van der Waals surface area contributed by atoms with Crippen LogP contribution in [-0.4, -0.2) is 11.5 Å². The first-order chi connectivity index (χ1) is 9.60. The lowest BCUT2D eigenvalue weighted by atomic mass is 10.2. The molecule has 2 aromatic rings. The van der Waals surface area contributed by atoms with Crippen molar-refractivity contribution in [2.75, 3.05) is 6.54 Å². The highest BCUT2D eigenvalue weighted by Crippen LogP contribution is 2.19. The minimum absolute atomic E-state index is 0.152. The van der Waals surface area contributed by atoms with Crippen LogP contribution in [0.1, 0.15) is 17.0 Å². The third-order valence-corrected chi connectivity index (χ3v) is 2.83. The average Bonchev–Trinajstić information content (AvgIpc) is 2.42. The van der Waals surface area contributed by atoms with Gasteiger partial charge in [0.25, 0.3) is 0 Å². The third-order valence-electron chi connectivity index (χ3n) is 2.83. The summed E-state index contributed by atoms with van der Waals surface area (Å²) in [6.07, 6.45) is 0.606. The third kappa shape index (κ3) is 3.51. The molecule has 0 aliphatic heterocycles. The molecule has 1 heterocycles. The highest BCUT2D eigenvalue weighted by atomic mass is 19.2. The number of nitrogens with two attached hydrogens (primary N) is 1. The topological polar surface area (TPSA) is 48.1 Å². The van der Waals surface area contributed by atoms with E-state index in [0.717, 1.165) is 23.5 Å². The number of hydrogen-bond donors (Lipinski definition) is 1. The summed E-state index contributed by atoms with van der Waals surface area (Å²) in [4.78, 5) is 4.37. The molecular weight excluding hydrogens is 262 g/mol. The molecule has 0 unspecified atom stereocenters. The number of ether oxygens (including phenoxy) is 1. The quantitative estimate of drug-likeness (QED) is 0.914. The summed E-state index contributed by atoms with van der Waals surface area (Å²) in [7, 11) is 0. The highest BCUT2D eigenvalue weighted by molar-refractivity contribution is 5.30. The lowest BCUT2D eigenvalue weighted by Gasteiger charge is -2.11. The lowest BCUT2D eigenvalue weighted by Crippen LogP contribution is -2.08. The normalized spacial score (nSPS) is 10.6. The summed E-state index contributed by atoms with van der Waals surface area (Å²) in [6, 6.07) is 7.35. The number of pyridine rings is 1. The van der Waals surface area contributed by atoms with E-state index in [0.29, 0.717) is 24.3 Å². The molecule has 3 nitrogen and oxygen atoms in total. The molecule has 0 amide bonds. The van der Waals surface area contributed by atoms with Crippen LogP contribution >= 0.6 is 0 Å². The fourth-order valence-corrected chi connectivity index (χ4v) is 1.84. The van der Waals surface area contributed by atoms with Gasteiger partial charge in [-0.05, 0) is 43.3 Å². The van der Waals surface area contributed by atoms with Crippen molar-refractivity contribution in [2.45, 2.75) is 20.0 Å². The van der Waals surface area contributed by atoms with Gasteiger partial charge in [0.05, 0.1) is 5.69 Å². The highest BCUT2D eigenvalue weighted by Gasteiger charge is 2.07. The van der Waals surface area contributed by atoms with Crippen molar-refractivity contribution in [2.24, 2.45) is 5.73 Å². The van der Waals surface area contributed by atoms with E-state index in [1.54, 1.807) is 0 Å². The van der Waals surface area contributed by atoms with Crippen LogP contribution in [0.2, 0.25) is 0 Å². The Morgan fingerprint density at radius 2 is 1.95 bits per heavy atom. The minimum Gasteiger partial charge on any atom is -0.487 e. The predicted molar refractivity (Wildman–Crippen MR) is 72.4 cm³/mol. The molecule has 20 heavy (non-hydrogen) atoms. The molecular formula is C15H16F2N2O. The van der Waals surface area contributed by atoms with Gasteiger partial charge in [0.15, 0.2) is 11.6 Å². The predicted octanol–water partition coefficient (Wildman–Crippen LogP) is 2.75. The molecule has 106 valence electrons. The minimum atomic E-state index is -0.879. The standard InChI is InChI=1S/C15H16F2N2O/c1-10-2-5-15(14(19-10)6-7-18)20-9-11-3-4-12(16)13(17)8-11/h2-5,8H,6-7,9,18H2,1H3. The zero-order valence-corrected chi connectivity index (χ0v) is 11.2. The summed E-state index contributed by atoms with van der Waals surface area (Å²) in [5, 5.41) is 0. The first-order valence-electron chi connectivity index (χ1n) is 6.33. The van der Waals surface area contributed by atoms with E-state index in [4.69, 9.17) is 10.5 Å². The Hall–Kier alpha value is -2.01. The number of benzene rings is 1. The molecule has 1 aromatic heterocycles. The second kappa shape index (κ2) is 6.43. The maximum absolute atomic E-state index is 13.1. The molecule has 0 fully saturated rings. The smallest absolute Gasteiger partial charge is 0.159 e. The second-order valence-electron chi connectivity index (χ2n) is 4.47. The molecule has 0 aliphatic rings. The Bertz CT molecular complexity index is 602. The zero-order chi connectivity index (χ0) is 14.5. The van der Waals surface area contributed by atoms with Crippen molar-refractivity contribution >= 4 is 0 Å².